The molecule has 0 aliphatic carbocycles. The normalized spacial score (nSPS) is 17.5. The van der Waals surface area contributed by atoms with E-state index in [1.807, 2.05) is 30.3 Å². The Morgan fingerprint density at radius 2 is 2.10 bits per heavy atom. The number of hydrogen-bond donors (Lipinski definition) is 0. The Labute approximate surface area is 64.9 Å². The standard InChI is InChI=1S/C8H10OS/c1-10(9)7-8-5-3-2-4-6-8/h2-6H,7H2,1H3/i7D. The maximum atomic E-state index is 10.9. The highest BCUT2D eigenvalue weighted by Gasteiger charge is 1.91. The van der Waals surface area contributed by atoms with E-state index in [9.17, 15) is 4.21 Å². The van der Waals surface area contributed by atoms with Gasteiger partial charge in [-0.1, -0.05) is 30.3 Å². The van der Waals surface area contributed by atoms with Gasteiger partial charge in [0, 0.05) is 24.2 Å². The van der Waals surface area contributed by atoms with E-state index in [1.54, 1.807) is 6.26 Å². The summed E-state index contributed by atoms with van der Waals surface area (Å²) >= 11 is 0. The summed E-state index contributed by atoms with van der Waals surface area (Å²) in [5.74, 6) is 0. The molecule has 10 heavy (non-hydrogen) atoms. The minimum absolute atomic E-state index is 0.601. The molecular formula is C8H10OS. The first-order chi connectivity index (χ1) is 5.22. The smallest absolute Gasteiger partial charge is 0.0482 e. The van der Waals surface area contributed by atoms with Crippen LogP contribution in [-0.2, 0) is 16.5 Å². The Morgan fingerprint density at radius 1 is 1.50 bits per heavy atom. The summed E-state index contributed by atoms with van der Waals surface area (Å²) < 4.78 is 18.3. The van der Waals surface area contributed by atoms with Gasteiger partial charge in [-0.25, -0.2) is 0 Å². The second kappa shape index (κ2) is 3.52. The van der Waals surface area contributed by atoms with Gasteiger partial charge in [0.1, 0.15) is 0 Å². The molecule has 0 N–H and O–H groups in total. The van der Waals surface area contributed by atoms with E-state index in [4.69, 9.17) is 1.37 Å². The van der Waals surface area contributed by atoms with Crippen molar-refractivity contribution < 1.29 is 5.58 Å². The highest BCUT2D eigenvalue weighted by molar-refractivity contribution is 7.83. The van der Waals surface area contributed by atoms with E-state index in [1.165, 1.54) is 0 Å². The summed E-state index contributed by atoms with van der Waals surface area (Å²) in [5, 5.41) is 0. The highest BCUT2D eigenvalue weighted by Crippen LogP contribution is 2.00. The van der Waals surface area contributed by atoms with Gasteiger partial charge in [0.2, 0.25) is 0 Å². The molecule has 0 fully saturated rings. The molecule has 2 atom stereocenters. The Morgan fingerprint density at radius 3 is 2.60 bits per heavy atom. The maximum Gasteiger partial charge on any atom is 0.0482 e. The van der Waals surface area contributed by atoms with Crippen molar-refractivity contribution in [1.29, 1.82) is 0 Å². The summed E-state index contributed by atoms with van der Waals surface area (Å²) in [6, 6.07) is 9.22. The molecule has 0 saturated carbocycles. The van der Waals surface area contributed by atoms with E-state index in [-0.39, 0.29) is 0 Å². The van der Waals surface area contributed by atoms with Crippen LogP contribution in [0.2, 0.25) is 0 Å². The SMILES string of the molecule is [2H]C(c1ccccc1)S(C)=O. The first-order valence-electron chi connectivity index (χ1n) is 3.59. The molecule has 0 amide bonds. The Kier molecular flexibility index (Phi) is 2.15. The summed E-state index contributed by atoms with van der Waals surface area (Å²) in [6.45, 7) is 0. The zero-order valence-corrected chi connectivity index (χ0v) is 6.60. The third-order valence-electron chi connectivity index (χ3n) is 1.10. The third kappa shape index (κ3) is 2.31. The molecule has 1 aromatic carbocycles. The van der Waals surface area contributed by atoms with E-state index < -0.39 is 16.5 Å². The second-order valence-corrected chi connectivity index (χ2v) is 3.26. The molecule has 2 unspecified atom stereocenters. The molecule has 1 rings (SSSR count). The molecule has 0 heterocycles. The van der Waals surface area contributed by atoms with Crippen molar-refractivity contribution in [2.24, 2.45) is 0 Å². The van der Waals surface area contributed by atoms with Crippen molar-refractivity contribution in [3.63, 3.8) is 0 Å². The molecule has 0 aliphatic heterocycles. The molecule has 2 heteroatoms. The number of hydrogen-bond acceptors (Lipinski definition) is 1. The van der Waals surface area contributed by atoms with Crippen molar-refractivity contribution >= 4 is 10.8 Å². The summed E-state index contributed by atoms with van der Waals surface area (Å²) in [6.07, 6.45) is 1.55. The van der Waals surface area contributed by atoms with Gasteiger partial charge in [0.25, 0.3) is 0 Å². The van der Waals surface area contributed by atoms with E-state index >= 15 is 0 Å². The number of benzene rings is 1. The van der Waals surface area contributed by atoms with Crippen molar-refractivity contribution in [2.45, 2.75) is 5.73 Å². The van der Waals surface area contributed by atoms with Crippen LogP contribution >= 0.6 is 0 Å². The summed E-state index contributed by atoms with van der Waals surface area (Å²) in [5.41, 5.74) is 0.213. The van der Waals surface area contributed by atoms with E-state index in [0.717, 1.165) is 5.56 Å². The predicted octanol–water partition coefficient (Wildman–Crippen LogP) is 1.57. The molecule has 1 aromatic rings. The van der Waals surface area contributed by atoms with Crippen LogP contribution in [0.15, 0.2) is 30.3 Å². The quantitative estimate of drug-likeness (QED) is 0.633. The monoisotopic (exact) mass is 155 g/mol. The average molecular weight is 155 g/mol. The first-order valence-corrected chi connectivity index (χ1v) is 4.63. The zero-order chi connectivity index (χ0) is 8.27. The van der Waals surface area contributed by atoms with Crippen molar-refractivity contribution in [1.82, 2.24) is 0 Å². The molecular weight excluding hydrogens is 144 g/mol. The van der Waals surface area contributed by atoms with Gasteiger partial charge in [0.15, 0.2) is 0 Å². The summed E-state index contributed by atoms with van der Waals surface area (Å²) in [4.78, 5) is 0. The van der Waals surface area contributed by atoms with Crippen LogP contribution in [0.4, 0.5) is 0 Å². The molecule has 0 saturated heterocycles. The van der Waals surface area contributed by atoms with Crippen LogP contribution in [0.5, 0.6) is 0 Å². The Balaban J connectivity index is 2.85. The fourth-order valence-electron chi connectivity index (χ4n) is 0.723. The van der Waals surface area contributed by atoms with Crippen molar-refractivity contribution in [3.8, 4) is 0 Å². The molecule has 0 bridgehead atoms. The minimum atomic E-state index is -1.09. The van der Waals surface area contributed by atoms with Gasteiger partial charge in [0.05, 0.1) is 0 Å². The average Bonchev–Trinajstić information content (AvgIpc) is 2.05. The molecule has 0 spiro atoms. The van der Waals surface area contributed by atoms with Gasteiger partial charge in [-0.15, -0.1) is 0 Å². The molecule has 54 valence electrons. The fourth-order valence-corrected chi connectivity index (χ4v) is 1.26. The van der Waals surface area contributed by atoms with Gasteiger partial charge in [-0.2, -0.15) is 0 Å². The molecule has 0 radical (unpaired) electrons. The lowest BCUT2D eigenvalue weighted by molar-refractivity contribution is 0.686. The topological polar surface area (TPSA) is 17.1 Å². The number of rotatable bonds is 2. The lowest BCUT2D eigenvalue weighted by atomic mass is 10.2. The fraction of sp³-hybridized carbons (Fsp3) is 0.250. The largest absolute Gasteiger partial charge is 0.260 e. The highest BCUT2D eigenvalue weighted by atomic mass is 32.2. The first kappa shape index (κ1) is 6.10. The molecule has 0 aromatic heterocycles. The summed E-state index contributed by atoms with van der Waals surface area (Å²) in [7, 11) is -1.09. The van der Waals surface area contributed by atoms with Crippen LogP contribution in [0.25, 0.3) is 0 Å². The zero-order valence-electron chi connectivity index (χ0n) is 6.78. The van der Waals surface area contributed by atoms with Crippen LogP contribution < -0.4 is 0 Å². The lowest BCUT2D eigenvalue weighted by Crippen LogP contribution is -1.90. The van der Waals surface area contributed by atoms with E-state index in [2.05, 4.69) is 0 Å². The Hall–Kier alpha value is -0.630. The van der Waals surface area contributed by atoms with E-state index in [0.29, 0.717) is 0 Å². The maximum absolute atomic E-state index is 10.9. The molecule has 1 nitrogen and oxygen atoms in total. The second-order valence-electron chi connectivity index (χ2n) is 2.03. The third-order valence-corrected chi connectivity index (χ3v) is 1.71. The van der Waals surface area contributed by atoms with Gasteiger partial charge >= 0.3 is 0 Å². The van der Waals surface area contributed by atoms with Crippen LogP contribution in [-0.4, -0.2) is 10.5 Å². The predicted molar refractivity (Wildman–Crippen MR) is 44.2 cm³/mol. The van der Waals surface area contributed by atoms with Crippen LogP contribution in [0.3, 0.4) is 0 Å². The molecule has 0 aliphatic rings. The lowest BCUT2D eigenvalue weighted by Gasteiger charge is -1.94. The van der Waals surface area contributed by atoms with Crippen LogP contribution in [0, 0.1) is 0 Å². The van der Waals surface area contributed by atoms with Gasteiger partial charge in [-0.05, 0) is 5.56 Å². The Bertz CT molecular complexity index is 248. The van der Waals surface area contributed by atoms with Gasteiger partial charge in [-0.3, -0.25) is 4.21 Å². The van der Waals surface area contributed by atoms with Gasteiger partial charge < -0.3 is 0 Å². The van der Waals surface area contributed by atoms with Crippen molar-refractivity contribution in [2.75, 3.05) is 6.26 Å². The van der Waals surface area contributed by atoms with Crippen LogP contribution in [0.1, 0.15) is 6.93 Å². The minimum Gasteiger partial charge on any atom is -0.260 e. The van der Waals surface area contributed by atoms with Crippen molar-refractivity contribution in [3.05, 3.63) is 35.9 Å².